The van der Waals surface area contributed by atoms with Crippen LogP contribution in [-0.4, -0.2) is 17.6 Å². The summed E-state index contributed by atoms with van der Waals surface area (Å²) >= 11 is 5.83. The second-order valence-electron chi connectivity index (χ2n) is 3.86. The highest BCUT2D eigenvalue weighted by molar-refractivity contribution is 6.30. The van der Waals surface area contributed by atoms with E-state index in [0.717, 1.165) is 12.0 Å². The fraction of sp³-hybridized carbons (Fsp3) is 0.154. The van der Waals surface area contributed by atoms with Gasteiger partial charge in [-0.2, -0.15) is 0 Å². The van der Waals surface area contributed by atoms with Crippen molar-refractivity contribution in [3.63, 3.8) is 0 Å². The van der Waals surface area contributed by atoms with Crippen LogP contribution in [0.2, 0.25) is 5.02 Å². The summed E-state index contributed by atoms with van der Waals surface area (Å²) in [4.78, 5) is 14.6. The fourth-order valence-electron chi connectivity index (χ4n) is 1.58. The molecule has 0 aliphatic rings. The van der Waals surface area contributed by atoms with Gasteiger partial charge in [-0.05, 0) is 36.2 Å². The van der Waals surface area contributed by atoms with Crippen LogP contribution >= 0.6 is 11.6 Å². The van der Waals surface area contributed by atoms with Gasteiger partial charge in [0.05, 0.1) is 0 Å². The Kier molecular flexibility index (Phi) is 4.25. The Morgan fingerprint density at radius 3 is 2.94 bits per heavy atom. The van der Waals surface area contributed by atoms with Crippen LogP contribution in [0.15, 0.2) is 42.7 Å². The van der Waals surface area contributed by atoms with Crippen LogP contribution in [0.5, 0.6) is 0 Å². The number of aromatic nitrogens is 1. The molecule has 0 unspecified atom stereocenters. The molecule has 3 N–H and O–H groups in total. The van der Waals surface area contributed by atoms with Crippen molar-refractivity contribution in [1.82, 2.24) is 10.3 Å². The minimum absolute atomic E-state index is 0.229. The lowest BCUT2D eigenvalue weighted by Gasteiger charge is -2.07. The molecule has 0 aliphatic heterocycles. The highest BCUT2D eigenvalue weighted by Gasteiger charge is 2.01. The van der Waals surface area contributed by atoms with Crippen molar-refractivity contribution >= 4 is 23.3 Å². The molecule has 0 bridgehead atoms. The van der Waals surface area contributed by atoms with Crippen LogP contribution in [0.4, 0.5) is 10.5 Å². The summed E-state index contributed by atoms with van der Waals surface area (Å²) in [5.74, 6) is 0. The van der Waals surface area contributed by atoms with Gasteiger partial charge in [-0.3, -0.25) is 0 Å². The normalized spacial score (nSPS) is 10.1. The smallest absolute Gasteiger partial charge is 0.319 e. The number of benzene rings is 1. The van der Waals surface area contributed by atoms with E-state index in [1.807, 2.05) is 18.5 Å². The number of anilines is 1. The topological polar surface area (TPSA) is 56.9 Å². The number of carbonyl (C=O) groups excluding carboxylic acids is 1. The minimum Gasteiger partial charge on any atom is -0.367 e. The molecule has 0 fully saturated rings. The predicted octanol–water partition coefficient (Wildman–Crippen LogP) is 3.03. The molecule has 1 heterocycles. The third-order valence-corrected chi connectivity index (χ3v) is 2.68. The zero-order chi connectivity index (χ0) is 12.8. The Bertz CT molecular complexity index is 511. The summed E-state index contributed by atoms with van der Waals surface area (Å²) in [5, 5.41) is 6.10. The van der Waals surface area contributed by atoms with E-state index in [2.05, 4.69) is 15.6 Å². The lowest BCUT2D eigenvalue weighted by molar-refractivity contribution is 0.252. The van der Waals surface area contributed by atoms with E-state index in [0.29, 0.717) is 17.3 Å². The van der Waals surface area contributed by atoms with Crippen LogP contribution in [0.1, 0.15) is 5.56 Å². The SMILES string of the molecule is O=C(NCCc1cc[nH]c1)Nc1cccc(Cl)c1. The van der Waals surface area contributed by atoms with Crippen LogP contribution < -0.4 is 10.6 Å². The summed E-state index contributed by atoms with van der Waals surface area (Å²) in [7, 11) is 0. The minimum atomic E-state index is -0.229. The first-order valence-electron chi connectivity index (χ1n) is 5.66. The number of hydrogen-bond acceptors (Lipinski definition) is 1. The standard InChI is InChI=1S/C13H14ClN3O/c14-11-2-1-3-12(8-11)17-13(18)16-7-5-10-4-6-15-9-10/h1-4,6,8-9,15H,5,7H2,(H2,16,17,18). The zero-order valence-electron chi connectivity index (χ0n) is 9.74. The van der Waals surface area contributed by atoms with Crippen LogP contribution in [0, 0.1) is 0 Å². The molecule has 0 atom stereocenters. The third-order valence-electron chi connectivity index (χ3n) is 2.44. The van der Waals surface area contributed by atoms with Crippen molar-refractivity contribution in [3.8, 4) is 0 Å². The number of nitrogens with one attached hydrogen (secondary N) is 3. The van der Waals surface area contributed by atoms with Gasteiger partial charge in [-0.15, -0.1) is 0 Å². The first-order valence-corrected chi connectivity index (χ1v) is 6.04. The van der Waals surface area contributed by atoms with Gasteiger partial charge in [0.15, 0.2) is 0 Å². The van der Waals surface area contributed by atoms with Crippen LogP contribution in [-0.2, 0) is 6.42 Å². The van der Waals surface area contributed by atoms with E-state index >= 15 is 0 Å². The van der Waals surface area contributed by atoms with E-state index in [1.54, 1.807) is 24.3 Å². The van der Waals surface area contributed by atoms with E-state index in [1.165, 1.54) is 0 Å². The number of carbonyl (C=O) groups is 1. The molecule has 2 amide bonds. The van der Waals surface area contributed by atoms with Gasteiger partial charge in [-0.1, -0.05) is 17.7 Å². The molecule has 5 heteroatoms. The fourth-order valence-corrected chi connectivity index (χ4v) is 1.77. The summed E-state index contributed by atoms with van der Waals surface area (Å²) < 4.78 is 0. The Labute approximate surface area is 110 Å². The lowest BCUT2D eigenvalue weighted by atomic mass is 10.2. The van der Waals surface area contributed by atoms with Crippen molar-refractivity contribution in [2.75, 3.05) is 11.9 Å². The molecule has 94 valence electrons. The molecule has 0 saturated heterocycles. The van der Waals surface area contributed by atoms with E-state index in [9.17, 15) is 4.79 Å². The first kappa shape index (κ1) is 12.5. The summed E-state index contributed by atoms with van der Waals surface area (Å²) in [6.45, 7) is 0.588. The largest absolute Gasteiger partial charge is 0.367 e. The van der Waals surface area contributed by atoms with Crippen molar-refractivity contribution in [2.24, 2.45) is 0 Å². The highest BCUT2D eigenvalue weighted by Crippen LogP contribution is 2.14. The number of hydrogen-bond donors (Lipinski definition) is 3. The van der Waals surface area contributed by atoms with E-state index in [-0.39, 0.29) is 6.03 Å². The predicted molar refractivity (Wildman–Crippen MR) is 73.0 cm³/mol. The molecule has 0 saturated carbocycles. The van der Waals surface area contributed by atoms with E-state index in [4.69, 9.17) is 11.6 Å². The van der Waals surface area contributed by atoms with Crippen molar-refractivity contribution in [1.29, 1.82) is 0 Å². The molecule has 1 aromatic heterocycles. The summed E-state index contributed by atoms with van der Waals surface area (Å²) in [6, 6.07) is 8.79. The van der Waals surface area contributed by atoms with Gasteiger partial charge in [0.1, 0.15) is 0 Å². The van der Waals surface area contributed by atoms with Gasteiger partial charge in [0.25, 0.3) is 0 Å². The molecule has 18 heavy (non-hydrogen) atoms. The number of aromatic amines is 1. The third kappa shape index (κ3) is 3.82. The molecule has 4 nitrogen and oxygen atoms in total. The molecule has 0 aliphatic carbocycles. The van der Waals surface area contributed by atoms with Crippen LogP contribution in [0.3, 0.4) is 0 Å². The van der Waals surface area contributed by atoms with Crippen molar-refractivity contribution in [3.05, 3.63) is 53.3 Å². The number of halogens is 1. The molecule has 0 spiro atoms. The number of urea groups is 1. The van der Waals surface area contributed by atoms with Gasteiger partial charge >= 0.3 is 6.03 Å². The molecular weight excluding hydrogens is 250 g/mol. The molecular formula is C13H14ClN3O. The Morgan fingerprint density at radius 1 is 1.33 bits per heavy atom. The Balaban J connectivity index is 1.75. The van der Waals surface area contributed by atoms with Crippen LogP contribution in [0.25, 0.3) is 0 Å². The van der Waals surface area contributed by atoms with Crippen molar-refractivity contribution < 1.29 is 4.79 Å². The van der Waals surface area contributed by atoms with Gasteiger partial charge in [0.2, 0.25) is 0 Å². The quantitative estimate of drug-likeness (QED) is 0.780. The lowest BCUT2D eigenvalue weighted by Crippen LogP contribution is -2.30. The molecule has 2 aromatic rings. The second-order valence-corrected chi connectivity index (χ2v) is 4.30. The number of rotatable bonds is 4. The van der Waals surface area contributed by atoms with Crippen molar-refractivity contribution in [2.45, 2.75) is 6.42 Å². The maximum Gasteiger partial charge on any atom is 0.319 e. The summed E-state index contributed by atoms with van der Waals surface area (Å²) in [5.41, 5.74) is 1.85. The maximum absolute atomic E-state index is 11.6. The van der Waals surface area contributed by atoms with Gasteiger partial charge < -0.3 is 15.6 Å². The monoisotopic (exact) mass is 263 g/mol. The average molecular weight is 264 g/mol. The maximum atomic E-state index is 11.6. The highest BCUT2D eigenvalue weighted by atomic mass is 35.5. The summed E-state index contributed by atoms with van der Waals surface area (Å²) in [6.07, 6.45) is 4.57. The average Bonchev–Trinajstić information content (AvgIpc) is 2.82. The number of amides is 2. The Hall–Kier alpha value is -1.94. The van der Waals surface area contributed by atoms with E-state index < -0.39 is 0 Å². The molecule has 1 aromatic carbocycles. The second kappa shape index (κ2) is 6.12. The van der Waals surface area contributed by atoms with Gasteiger partial charge in [0, 0.05) is 29.6 Å². The molecule has 0 radical (unpaired) electrons. The van der Waals surface area contributed by atoms with Gasteiger partial charge in [-0.25, -0.2) is 4.79 Å². The number of H-pyrrole nitrogens is 1. The Morgan fingerprint density at radius 2 is 2.22 bits per heavy atom. The first-order chi connectivity index (χ1) is 8.74. The zero-order valence-corrected chi connectivity index (χ0v) is 10.5. The molecule has 2 rings (SSSR count).